The third-order valence-electron chi connectivity index (χ3n) is 6.31. The first-order valence-corrected chi connectivity index (χ1v) is 11.3. The third kappa shape index (κ3) is 5.21. The minimum Gasteiger partial charge on any atom is -0.487 e. The number of halogens is 2. The van der Waals surface area contributed by atoms with Crippen molar-refractivity contribution in [1.29, 1.82) is 0 Å². The highest BCUT2D eigenvalue weighted by Crippen LogP contribution is 2.40. The number of carbonyl (C=O) groups is 1. The lowest BCUT2D eigenvalue weighted by Gasteiger charge is -2.39. The van der Waals surface area contributed by atoms with E-state index in [2.05, 4.69) is 36.2 Å². The summed E-state index contributed by atoms with van der Waals surface area (Å²) in [6.45, 7) is 8.25. The lowest BCUT2D eigenvalue weighted by Crippen LogP contribution is -2.45. The number of fused-ring (bicyclic) bond motifs is 1. The predicted octanol–water partition coefficient (Wildman–Crippen LogP) is 5.42. The minimum atomic E-state index is -0.329. The maximum Gasteiger partial charge on any atom is 0.223 e. The van der Waals surface area contributed by atoms with E-state index < -0.39 is 0 Å². The molecule has 2 aromatic carbocycles. The Bertz CT molecular complexity index is 970. The second-order valence-corrected chi connectivity index (χ2v) is 9.89. The van der Waals surface area contributed by atoms with Crippen LogP contribution in [0.25, 0.3) is 0 Å². The Morgan fingerprint density at radius 3 is 2.68 bits per heavy atom. The SMILES string of the molecule is Cc1ccc2c(c1)OC(C)(C)C[C@H]2NC(=O)C1CCN(Cc2ccc(Cl)cc2F)CC1. The third-order valence-corrected chi connectivity index (χ3v) is 6.55. The van der Waals surface area contributed by atoms with Crippen molar-refractivity contribution in [3.05, 3.63) is 63.9 Å². The lowest BCUT2D eigenvalue weighted by molar-refractivity contribution is -0.127. The fraction of sp³-hybridized carbons (Fsp3) is 0.480. The first-order chi connectivity index (χ1) is 14.7. The van der Waals surface area contributed by atoms with E-state index >= 15 is 0 Å². The molecule has 2 aliphatic rings. The molecule has 0 aliphatic carbocycles. The Kier molecular flexibility index (Phi) is 6.27. The standard InChI is InChI=1S/C25H30ClFN2O2/c1-16-4-7-20-22(14-25(2,3)31-23(20)12-16)28-24(30)17-8-10-29(11-9-17)15-18-5-6-19(26)13-21(18)27/h4-7,12-13,17,22H,8-11,14-15H2,1-3H3,(H,28,30)/t22-/m1/s1. The van der Waals surface area contributed by atoms with Crippen molar-refractivity contribution >= 4 is 17.5 Å². The molecule has 1 amide bonds. The maximum atomic E-state index is 14.1. The van der Waals surface area contributed by atoms with Gasteiger partial charge in [-0.15, -0.1) is 0 Å². The van der Waals surface area contributed by atoms with Gasteiger partial charge in [-0.05, 0) is 70.5 Å². The summed E-state index contributed by atoms with van der Waals surface area (Å²) in [5.41, 5.74) is 2.51. The van der Waals surface area contributed by atoms with Crippen LogP contribution in [-0.4, -0.2) is 29.5 Å². The van der Waals surface area contributed by atoms with E-state index in [1.165, 1.54) is 6.07 Å². The molecule has 2 aliphatic heterocycles. The highest BCUT2D eigenvalue weighted by Gasteiger charge is 2.36. The van der Waals surface area contributed by atoms with Crippen molar-refractivity contribution in [1.82, 2.24) is 10.2 Å². The molecule has 1 atom stereocenters. The molecule has 6 heteroatoms. The summed E-state index contributed by atoms with van der Waals surface area (Å²) in [5.74, 6) is 0.669. The molecule has 0 aromatic heterocycles. The van der Waals surface area contributed by atoms with Gasteiger partial charge >= 0.3 is 0 Å². The van der Waals surface area contributed by atoms with E-state index in [1.807, 2.05) is 13.0 Å². The van der Waals surface area contributed by atoms with E-state index in [0.29, 0.717) is 17.1 Å². The van der Waals surface area contributed by atoms with Crippen molar-refractivity contribution < 1.29 is 13.9 Å². The van der Waals surface area contributed by atoms with Crippen LogP contribution in [-0.2, 0) is 11.3 Å². The van der Waals surface area contributed by atoms with E-state index in [0.717, 1.165) is 49.2 Å². The van der Waals surface area contributed by atoms with Crippen LogP contribution in [0.5, 0.6) is 5.75 Å². The highest BCUT2D eigenvalue weighted by atomic mass is 35.5. The van der Waals surface area contributed by atoms with Crippen LogP contribution < -0.4 is 10.1 Å². The topological polar surface area (TPSA) is 41.6 Å². The molecule has 0 saturated carbocycles. The Labute approximate surface area is 188 Å². The molecule has 166 valence electrons. The molecule has 31 heavy (non-hydrogen) atoms. The number of rotatable bonds is 4. The highest BCUT2D eigenvalue weighted by molar-refractivity contribution is 6.30. The molecule has 0 unspecified atom stereocenters. The fourth-order valence-electron chi connectivity index (χ4n) is 4.62. The summed E-state index contributed by atoms with van der Waals surface area (Å²) in [7, 11) is 0. The number of amides is 1. The maximum absolute atomic E-state index is 14.1. The van der Waals surface area contributed by atoms with Gasteiger partial charge in [-0.2, -0.15) is 0 Å². The Morgan fingerprint density at radius 2 is 1.97 bits per heavy atom. The van der Waals surface area contributed by atoms with Crippen molar-refractivity contribution in [2.24, 2.45) is 5.92 Å². The van der Waals surface area contributed by atoms with Gasteiger partial charge < -0.3 is 10.1 Å². The van der Waals surface area contributed by atoms with Crippen LogP contribution in [0.3, 0.4) is 0 Å². The summed E-state index contributed by atoms with van der Waals surface area (Å²) in [5, 5.41) is 3.69. The molecule has 0 radical (unpaired) electrons. The number of hydrogen-bond donors (Lipinski definition) is 1. The van der Waals surface area contributed by atoms with Gasteiger partial charge in [0.15, 0.2) is 0 Å². The quantitative estimate of drug-likeness (QED) is 0.684. The van der Waals surface area contributed by atoms with Crippen molar-refractivity contribution in [2.75, 3.05) is 13.1 Å². The molecule has 1 fully saturated rings. The normalized spacial score (nSPS) is 21.3. The van der Waals surface area contributed by atoms with E-state index in [1.54, 1.807) is 12.1 Å². The van der Waals surface area contributed by atoms with Crippen molar-refractivity contribution in [3.63, 3.8) is 0 Å². The number of aryl methyl sites for hydroxylation is 1. The van der Waals surface area contributed by atoms with Gasteiger partial charge in [0.2, 0.25) is 5.91 Å². The molecule has 4 rings (SSSR count). The van der Waals surface area contributed by atoms with Gasteiger partial charge in [-0.3, -0.25) is 9.69 Å². The minimum absolute atomic E-state index is 0.0221. The number of nitrogens with zero attached hydrogens (tertiary/aromatic N) is 1. The second-order valence-electron chi connectivity index (χ2n) is 9.45. The first-order valence-electron chi connectivity index (χ1n) is 11.0. The molecular formula is C25H30ClFN2O2. The van der Waals surface area contributed by atoms with Gasteiger partial charge in [0, 0.05) is 35.0 Å². The van der Waals surface area contributed by atoms with Gasteiger partial charge in [0.25, 0.3) is 0 Å². The van der Waals surface area contributed by atoms with Gasteiger partial charge in [-0.1, -0.05) is 29.8 Å². The van der Waals surface area contributed by atoms with Crippen LogP contribution in [0.15, 0.2) is 36.4 Å². The zero-order chi connectivity index (χ0) is 22.2. The molecule has 4 nitrogen and oxygen atoms in total. The number of nitrogens with one attached hydrogen (secondary N) is 1. The smallest absolute Gasteiger partial charge is 0.223 e. The zero-order valence-electron chi connectivity index (χ0n) is 18.4. The van der Waals surface area contributed by atoms with Crippen molar-refractivity contribution in [3.8, 4) is 5.75 Å². The predicted molar refractivity (Wildman–Crippen MR) is 121 cm³/mol. The van der Waals surface area contributed by atoms with Gasteiger partial charge in [0.1, 0.15) is 17.2 Å². The summed E-state index contributed by atoms with van der Waals surface area (Å²) in [6.07, 6.45) is 2.28. The van der Waals surface area contributed by atoms with E-state index in [9.17, 15) is 9.18 Å². The van der Waals surface area contributed by atoms with Crippen LogP contribution in [0.2, 0.25) is 5.02 Å². The molecule has 0 spiro atoms. The van der Waals surface area contributed by atoms with Crippen LogP contribution in [0.1, 0.15) is 55.8 Å². The number of likely N-dealkylation sites (tertiary alicyclic amines) is 1. The second kappa shape index (κ2) is 8.79. The molecule has 1 saturated heterocycles. The molecule has 2 heterocycles. The number of piperidine rings is 1. The molecule has 1 N–H and O–H groups in total. The lowest BCUT2D eigenvalue weighted by atomic mass is 9.88. The average molecular weight is 445 g/mol. The van der Waals surface area contributed by atoms with Crippen LogP contribution >= 0.6 is 11.6 Å². The summed E-state index contributed by atoms with van der Waals surface area (Å²) in [6, 6.07) is 10.9. The largest absolute Gasteiger partial charge is 0.487 e. The van der Waals surface area contributed by atoms with Crippen LogP contribution in [0.4, 0.5) is 4.39 Å². The summed E-state index contributed by atoms with van der Waals surface area (Å²) in [4.78, 5) is 15.3. The number of ether oxygens (including phenoxy) is 1. The average Bonchev–Trinajstić information content (AvgIpc) is 2.69. The van der Waals surface area contributed by atoms with E-state index in [4.69, 9.17) is 16.3 Å². The molecule has 2 aromatic rings. The molecule has 0 bridgehead atoms. The number of hydrogen-bond acceptors (Lipinski definition) is 3. The number of benzene rings is 2. The summed E-state index contributed by atoms with van der Waals surface area (Å²) < 4.78 is 20.2. The number of carbonyl (C=O) groups excluding carboxylic acids is 1. The molecular weight excluding hydrogens is 415 g/mol. The van der Waals surface area contributed by atoms with Crippen LogP contribution in [0, 0.1) is 18.7 Å². The Balaban J connectivity index is 1.36. The zero-order valence-corrected chi connectivity index (χ0v) is 19.1. The summed E-state index contributed by atoms with van der Waals surface area (Å²) >= 11 is 5.84. The Hall–Kier alpha value is -2.11. The Morgan fingerprint density at radius 1 is 1.23 bits per heavy atom. The first kappa shape index (κ1) is 22.1. The fourth-order valence-corrected chi connectivity index (χ4v) is 4.78. The monoisotopic (exact) mass is 444 g/mol. The van der Waals surface area contributed by atoms with Crippen molar-refractivity contribution in [2.45, 2.75) is 58.2 Å². The van der Waals surface area contributed by atoms with Gasteiger partial charge in [0.05, 0.1) is 6.04 Å². The van der Waals surface area contributed by atoms with E-state index in [-0.39, 0.29) is 29.3 Å². The van der Waals surface area contributed by atoms with Gasteiger partial charge in [-0.25, -0.2) is 4.39 Å².